The number of aliphatic hydroxyl groups excluding tert-OH is 1. The maximum atomic E-state index is 11.1. The lowest BCUT2D eigenvalue weighted by molar-refractivity contribution is -0.138. The second kappa shape index (κ2) is 4.39. The monoisotopic (exact) mass is 186 g/mol. The van der Waals surface area contributed by atoms with Crippen molar-refractivity contribution in [2.75, 3.05) is 13.7 Å². The summed E-state index contributed by atoms with van der Waals surface area (Å²) in [7, 11) is 1.49. The number of carbonyl (C=O) groups is 1. The Hall–Kier alpha value is -0.870. The number of cyclic esters (lactones) is 1. The third-order valence-corrected chi connectivity index (χ3v) is 1.95. The molecule has 1 rings (SSSR count). The molecule has 4 nitrogen and oxygen atoms in total. The molecule has 0 radical (unpaired) electrons. The zero-order chi connectivity index (χ0) is 9.84. The maximum absolute atomic E-state index is 11.1. The molecule has 0 aliphatic carbocycles. The number of ether oxygens (including phenoxy) is 2. The minimum absolute atomic E-state index is 0.0602. The van der Waals surface area contributed by atoms with Gasteiger partial charge in [0.25, 0.3) is 0 Å². The molecule has 1 aliphatic heterocycles. The Morgan fingerprint density at radius 3 is 2.92 bits per heavy atom. The van der Waals surface area contributed by atoms with Crippen molar-refractivity contribution >= 4 is 5.97 Å². The summed E-state index contributed by atoms with van der Waals surface area (Å²) in [5.74, 6) is -0.303. The van der Waals surface area contributed by atoms with E-state index >= 15 is 0 Å². The predicted octanol–water partition coefficient (Wildman–Crippen LogP) is 0.255. The van der Waals surface area contributed by atoms with Crippen LogP contribution in [-0.4, -0.2) is 37.0 Å². The number of carbonyl (C=O) groups excluding carboxylic acids is 1. The summed E-state index contributed by atoms with van der Waals surface area (Å²) in [6.45, 7) is 1.71. The summed E-state index contributed by atoms with van der Waals surface area (Å²) in [5.41, 5.74) is 0.591. The predicted molar refractivity (Wildman–Crippen MR) is 46.1 cm³/mol. The van der Waals surface area contributed by atoms with Crippen molar-refractivity contribution in [2.45, 2.75) is 25.6 Å². The highest BCUT2D eigenvalue weighted by molar-refractivity contribution is 5.90. The molecule has 1 heterocycles. The topological polar surface area (TPSA) is 55.8 Å². The average molecular weight is 186 g/mol. The van der Waals surface area contributed by atoms with Crippen LogP contribution < -0.4 is 0 Å². The largest absolute Gasteiger partial charge is 0.459 e. The van der Waals surface area contributed by atoms with Crippen LogP contribution in [0.3, 0.4) is 0 Å². The van der Waals surface area contributed by atoms with Crippen LogP contribution in [-0.2, 0) is 14.3 Å². The first-order valence-electron chi connectivity index (χ1n) is 4.22. The van der Waals surface area contributed by atoms with E-state index in [0.717, 1.165) is 0 Å². The summed E-state index contributed by atoms with van der Waals surface area (Å²) in [6, 6.07) is 0. The van der Waals surface area contributed by atoms with Crippen LogP contribution in [0.1, 0.15) is 13.3 Å². The van der Waals surface area contributed by atoms with E-state index in [2.05, 4.69) is 0 Å². The molecule has 1 saturated heterocycles. The van der Waals surface area contributed by atoms with Crippen molar-refractivity contribution < 1.29 is 19.4 Å². The van der Waals surface area contributed by atoms with E-state index in [-0.39, 0.29) is 18.7 Å². The van der Waals surface area contributed by atoms with Gasteiger partial charge in [-0.05, 0) is 13.0 Å². The third kappa shape index (κ3) is 2.54. The van der Waals surface area contributed by atoms with Gasteiger partial charge in [-0.2, -0.15) is 0 Å². The Balaban J connectivity index is 2.64. The normalized spacial score (nSPS) is 27.8. The standard InChI is InChI=1S/C9H14O4/c1-6-3-7(9(11)13-6)4-8(5-10)12-2/h4,6,8,10H,3,5H2,1-2H3/b7-4-. The van der Waals surface area contributed by atoms with Crippen LogP contribution in [0.15, 0.2) is 11.6 Å². The van der Waals surface area contributed by atoms with Gasteiger partial charge in [0.05, 0.1) is 12.7 Å². The molecule has 74 valence electrons. The highest BCUT2D eigenvalue weighted by Gasteiger charge is 2.25. The molecular weight excluding hydrogens is 172 g/mol. The highest BCUT2D eigenvalue weighted by Crippen LogP contribution is 2.20. The number of esters is 1. The molecule has 4 heteroatoms. The van der Waals surface area contributed by atoms with E-state index in [1.54, 1.807) is 6.08 Å². The van der Waals surface area contributed by atoms with Crippen LogP contribution in [0.25, 0.3) is 0 Å². The van der Waals surface area contributed by atoms with Crippen molar-refractivity contribution in [2.24, 2.45) is 0 Å². The van der Waals surface area contributed by atoms with E-state index < -0.39 is 6.10 Å². The van der Waals surface area contributed by atoms with Crippen molar-refractivity contribution in [3.05, 3.63) is 11.6 Å². The number of hydrogen-bond donors (Lipinski definition) is 1. The zero-order valence-electron chi connectivity index (χ0n) is 7.82. The van der Waals surface area contributed by atoms with Gasteiger partial charge in [-0.3, -0.25) is 0 Å². The van der Waals surface area contributed by atoms with Gasteiger partial charge < -0.3 is 14.6 Å². The van der Waals surface area contributed by atoms with Gasteiger partial charge >= 0.3 is 5.97 Å². The second-order valence-corrected chi connectivity index (χ2v) is 3.07. The van der Waals surface area contributed by atoms with E-state index in [4.69, 9.17) is 14.6 Å². The van der Waals surface area contributed by atoms with E-state index in [0.29, 0.717) is 12.0 Å². The van der Waals surface area contributed by atoms with Gasteiger partial charge in [-0.25, -0.2) is 4.79 Å². The van der Waals surface area contributed by atoms with E-state index in [9.17, 15) is 4.79 Å². The van der Waals surface area contributed by atoms with Crippen LogP contribution >= 0.6 is 0 Å². The number of rotatable bonds is 3. The van der Waals surface area contributed by atoms with Gasteiger partial charge in [-0.15, -0.1) is 0 Å². The molecule has 0 aromatic rings. The summed E-state index contributed by atoms with van der Waals surface area (Å²) < 4.78 is 9.83. The third-order valence-electron chi connectivity index (χ3n) is 1.95. The molecule has 2 unspecified atom stereocenters. The molecule has 0 saturated carbocycles. The summed E-state index contributed by atoms with van der Waals surface area (Å²) in [6.07, 6.45) is 1.74. The zero-order valence-corrected chi connectivity index (χ0v) is 7.82. The average Bonchev–Trinajstić information content (AvgIpc) is 2.41. The Kier molecular flexibility index (Phi) is 3.45. The first-order valence-corrected chi connectivity index (χ1v) is 4.22. The van der Waals surface area contributed by atoms with Crippen molar-refractivity contribution in [1.82, 2.24) is 0 Å². The lowest BCUT2D eigenvalue weighted by atomic mass is 10.1. The molecule has 2 atom stereocenters. The minimum atomic E-state index is -0.409. The lowest BCUT2D eigenvalue weighted by Gasteiger charge is -2.06. The summed E-state index contributed by atoms with van der Waals surface area (Å²) in [4.78, 5) is 11.1. The van der Waals surface area contributed by atoms with Crippen LogP contribution in [0.5, 0.6) is 0 Å². The molecule has 0 bridgehead atoms. The molecule has 1 fully saturated rings. The molecule has 0 aromatic heterocycles. The van der Waals surface area contributed by atoms with E-state index in [1.165, 1.54) is 7.11 Å². The Bertz CT molecular complexity index is 218. The lowest BCUT2D eigenvalue weighted by Crippen LogP contribution is -2.13. The second-order valence-electron chi connectivity index (χ2n) is 3.07. The maximum Gasteiger partial charge on any atom is 0.334 e. The van der Waals surface area contributed by atoms with E-state index in [1.807, 2.05) is 6.92 Å². The summed E-state index contributed by atoms with van der Waals surface area (Å²) >= 11 is 0. The Morgan fingerprint density at radius 2 is 2.54 bits per heavy atom. The molecule has 1 N–H and O–H groups in total. The van der Waals surface area contributed by atoms with Gasteiger partial charge in [-0.1, -0.05) is 0 Å². The molecule has 13 heavy (non-hydrogen) atoms. The molecule has 0 spiro atoms. The van der Waals surface area contributed by atoms with Crippen LogP contribution in [0, 0.1) is 0 Å². The van der Waals surface area contributed by atoms with Gasteiger partial charge in [0.2, 0.25) is 0 Å². The van der Waals surface area contributed by atoms with Crippen LogP contribution in [0.2, 0.25) is 0 Å². The fourth-order valence-corrected chi connectivity index (χ4v) is 1.25. The highest BCUT2D eigenvalue weighted by atomic mass is 16.5. The number of hydrogen-bond acceptors (Lipinski definition) is 4. The van der Waals surface area contributed by atoms with Gasteiger partial charge in [0.15, 0.2) is 0 Å². The molecular formula is C9H14O4. The fraction of sp³-hybridized carbons (Fsp3) is 0.667. The smallest absolute Gasteiger partial charge is 0.334 e. The van der Waals surface area contributed by atoms with Crippen LogP contribution in [0.4, 0.5) is 0 Å². The van der Waals surface area contributed by atoms with Gasteiger partial charge in [0.1, 0.15) is 6.10 Å². The Labute approximate surface area is 77.1 Å². The molecule has 0 aromatic carbocycles. The van der Waals surface area contributed by atoms with Gasteiger partial charge in [0, 0.05) is 19.1 Å². The minimum Gasteiger partial charge on any atom is -0.459 e. The van der Waals surface area contributed by atoms with Crippen molar-refractivity contribution in [1.29, 1.82) is 0 Å². The van der Waals surface area contributed by atoms with Crippen molar-refractivity contribution in [3.63, 3.8) is 0 Å². The van der Waals surface area contributed by atoms with Crippen molar-refractivity contribution in [3.8, 4) is 0 Å². The SMILES string of the molecule is COC(/C=C1/CC(C)OC1=O)CO. The quantitative estimate of drug-likeness (QED) is 0.507. The molecule has 0 amide bonds. The Morgan fingerprint density at radius 1 is 1.85 bits per heavy atom. The number of methoxy groups -OCH3 is 1. The first kappa shape index (κ1) is 10.2. The molecule has 1 aliphatic rings. The summed E-state index contributed by atoms with van der Waals surface area (Å²) in [5, 5.41) is 8.82. The first-order chi connectivity index (χ1) is 6.17. The number of aliphatic hydroxyl groups is 1. The fourth-order valence-electron chi connectivity index (χ4n) is 1.25.